The van der Waals surface area contributed by atoms with Crippen molar-refractivity contribution in [2.24, 2.45) is 5.11 Å². The third-order valence-corrected chi connectivity index (χ3v) is 4.42. The van der Waals surface area contributed by atoms with Crippen molar-refractivity contribution < 1.29 is 33.2 Å². The summed E-state index contributed by atoms with van der Waals surface area (Å²) in [6.45, 7) is 10.1. The second-order valence-electron chi connectivity index (χ2n) is 8.05. The van der Waals surface area contributed by atoms with Crippen molar-refractivity contribution in [3.63, 3.8) is 0 Å². The molecule has 26 heavy (non-hydrogen) atoms. The van der Waals surface area contributed by atoms with Gasteiger partial charge in [0.15, 0.2) is 17.9 Å². The fourth-order valence-corrected chi connectivity index (χ4v) is 3.31. The van der Waals surface area contributed by atoms with Crippen LogP contribution in [0.1, 0.15) is 41.5 Å². The highest BCUT2D eigenvalue weighted by molar-refractivity contribution is 5.79. The lowest BCUT2D eigenvalue weighted by Crippen LogP contribution is -2.56. The fourth-order valence-electron chi connectivity index (χ4n) is 3.31. The summed E-state index contributed by atoms with van der Waals surface area (Å²) in [5, 5.41) is 3.45. The molecule has 3 fully saturated rings. The standard InChI is InChI=1S/C16H25N3O7/c1-14(2,18-19-17)13(20)21-7-8-9-10(24-15(3,4)23-9)11-12(22-8)26-16(5,6)25-11/h8-12H,7H2,1-6H3/t8-,9+,10+,11-,12-/m1/s1. The second kappa shape index (κ2) is 6.33. The lowest BCUT2D eigenvalue weighted by Gasteiger charge is -2.37. The molecule has 3 heterocycles. The van der Waals surface area contributed by atoms with E-state index in [9.17, 15) is 4.79 Å². The number of hydrogen-bond donors (Lipinski definition) is 0. The highest BCUT2D eigenvalue weighted by atomic mass is 16.9. The number of esters is 1. The molecule has 0 spiro atoms. The van der Waals surface area contributed by atoms with Crippen LogP contribution in [0.2, 0.25) is 0 Å². The van der Waals surface area contributed by atoms with Crippen molar-refractivity contribution in [1.82, 2.24) is 0 Å². The van der Waals surface area contributed by atoms with Gasteiger partial charge in [0.2, 0.25) is 0 Å². The number of rotatable bonds is 4. The van der Waals surface area contributed by atoms with Crippen LogP contribution in [0.5, 0.6) is 0 Å². The molecular formula is C16H25N3O7. The molecule has 0 amide bonds. The molecule has 0 radical (unpaired) electrons. The monoisotopic (exact) mass is 371 g/mol. The average molecular weight is 371 g/mol. The molecule has 3 aliphatic heterocycles. The number of ether oxygens (including phenoxy) is 6. The number of fused-ring (bicyclic) bond motifs is 3. The van der Waals surface area contributed by atoms with Crippen LogP contribution >= 0.6 is 0 Å². The van der Waals surface area contributed by atoms with Crippen molar-refractivity contribution >= 4 is 5.97 Å². The van der Waals surface area contributed by atoms with Gasteiger partial charge in [-0.1, -0.05) is 5.11 Å². The molecule has 0 aromatic heterocycles. The normalized spacial score (nSPS) is 37.4. The number of carbonyl (C=O) groups excluding carboxylic acids is 1. The third-order valence-electron chi connectivity index (χ3n) is 4.42. The van der Waals surface area contributed by atoms with E-state index >= 15 is 0 Å². The first-order valence-electron chi connectivity index (χ1n) is 8.54. The minimum Gasteiger partial charge on any atom is -0.462 e. The molecule has 146 valence electrons. The molecular weight excluding hydrogens is 346 g/mol. The zero-order valence-corrected chi connectivity index (χ0v) is 15.8. The Labute approximate surface area is 151 Å². The number of carbonyl (C=O) groups is 1. The van der Waals surface area contributed by atoms with E-state index in [-0.39, 0.29) is 6.61 Å². The zero-order valence-electron chi connectivity index (χ0n) is 15.8. The number of hydrogen-bond acceptors (Lipinski definition) is 8. The van der Waals surface area contributed by atoms with E-state index in [1.807, 2.05) is 0 Å². The molecule has 0 aromatic carbocycles. The maximum Gasteiger partial charge on any atom is 0.317 e. The van der Waals surface area contributed by atoms with Crippen molar-refractivity contribution in [3.8, 4) is 0 Å². The predicted octanol–water partition coefficient (Wildman–Crippen LogP) is 2.01. The van der Waals surface area contributed by atoms with Crippen LogP contribution in [0.25, 0.3) is 10.4 Å². The Bertz CT molecular complexity index is 629. The zero-order chi connectivity index (χ0) is 19.3. The van der Waals surface area contributed by atoms with E-state index < -0.39 is 53.8 Å². The van der Waals surface area contributed by atoms with Crippen LogP contribution in [0, 0.1) is 0 Å². The highest BCUT2D eigenvalue weighted by Gasteiger charge is 2.60. The summed E-state index contributed by atoms with van der Waals surface area (Å²) in [5.74, 6) is -2.29. The highest BCUT2D eigenvalue weighted by Crippen LogP contribution is 2.44. The molecule has 0 aromatic rings. The molecule has 5 atom stereocenters. The summed E-state index contributed by atoms with van der Waals surface area (Å²) in [6, 6.07) is 0. The smallest absolute Gasteiger partial charge is 0.317 e. The fraction of sp³-hybridized carbons (Fsp3) is 0.938. The predicted molar refractivity (Wildman–Crippen MR) is 86.7 cm³/mol. The maximum absolute atomic E-state index is 12.2. The van der Waals surface area contributed by atoms with Crippen LogP contribution in [0.3, 0.4) is 0 Å². The van der Waals surface area contributed by atoms with Crippen molar-refractivity contribution in [2.75, 3.05) is 6.61 Å². The summed E-state index contributed by atoms with van der Waals surface area (Å²) < 4.78 is 34.9. The second-order valence-corrected chi connectivity index (χ2v) is 8.05. The first-order valence-corrected chi connectivity index (χ1v) is 8.54. The lowest BCUT2D eigenvalue weighted by molar-refractivity contribution is -0.242. The molecule has 0 bridgehead atoms. The van der Waals surface area contributed by atoms with Crippen molar-refractivity contribution in [3.05, 3.63) is 10.4 Å². The minimum atomic E-state index is -1.31. The van der Waals surface area contributed by atoms with Crippen molar-refractivity contribution in [1.29, 1.82) is 0 Å². The first kappa shape index (κ1) is 19.3. The van der Waals surface area contributed by atoms with Gasteiger partial charge in [0.05, 0.1) is 0 Å². The van der Waals surface area contributed by atoms with Crippen LogP contribution in [0.4, 0.5) is 0 Å². The molecule has 0 N–H and O–H groups in total. The lowest BCUT2D eigenvalue weighted by atomic mass is 9.99. The Kier molecular flexibility index (Phi) is 4.71. The van der Waals surface area contributed by atoms with E-state index in [1.165, 1.54) is 13.8 Å². The molecule has 3 aliphatic rings. The van der Waals surface area contributed by atoms with E-state index in [1.54, 1.807) is 27.7 Å². The third kappa shape index (κ3) is 3.66. The van der Waals surface area contributed by atoms with Crippen LogP contribution in [-0.2, 0) is 33.2 Å². The van der Waals surface area contributed by atoms with E-state index in [0.29, 0.717) is 0 Å². The molecule has 10 heteroatoms. The van der Waals surface area contributed by atoms with Gasteiger partial charge in [-0.2, -0.15) is 0 Å². The average Bonchev–Trinajstić information content (AvgIpc) is 2.98. The maximum atomic E-state index is 12.2. The Morgan fingerprint density at radius 2 is 1.65 bits per heavy atom. The van der Waals surface area contributed by atoms with Gasteiger partial charge in [0, 0.05) is 4.91 Å². The van der Waals surface area contributed by atoms with Gasteiger partial charge < -0.3 is 28.4 Å². The topological polar surface area (TPSA) is 121 Å². The summed E-state index contributed by atoms with van der Waals surface area (Å²) >= 11 is 0. The summed E-state index contributed by atoms with van der Waals surface area (Å²) in [4.78, 5) is 14.8. The minimum absolute atomic E-state index is 0.0865. The van der Waals surface area contributed by atoms with Gasteiger partial charge in [-0.3, -0.25) is 4.79 Å². The molecule has 10 nitrogen and oxygen atoms in total. The molecule has 0 unspecified atom stereocenters. The van der Waals surface area contributed by atoms with E-state index in [0.717, 1.165) is 0 Å². The van der Waals surface area contributed by atoms with Crippen molar-refractivity contribution in [2.45, 2.75) is 89.4 Å². The van der Waals surface area contributed by atoms with Gasteiger partial charge in [0.1, 0.15) is 36.6 Å². The summed E-state index contributed by atoms with van der Waals surface area (Å²) in [7, 11) is 0. The van der Waals surface area contributed by atoms with Crippen LogP contribution in [0.15, 0.2) is 5.11 Å². The van der Waals surface area contributed by atoms with Crippen LogP contribution < -0.4 is 0 Å². The Balaban J connectivity index is 1.73. The van der Waals surface area contributed by atoms with Gasteiger partial charge in [-0.25, -0.2) is 0 Å². The van der Waals surface area contributed by atoms with E-state index in [4.69, 9.17) is 34.0 Å². The number of azide groups is 1. The Hall–Kier alpha value is -1.42. The van der Waals surface area contributed by atoms with Gasteiger partial charge in [0.25, 0.3) is 0 Å². The Morgan fingerprint density at radius 3 is 2.31 bits per heavy atom. The van der Waals surface area contributed by atoms with Gasteiger partial charge in [-0.05, 0) is 47.1 Å². The summed E-state index contributed by atoms with van der Waals surface area (Å²) in [6.07, 6.45) is -2.61. The van der Waals surface area contributed by atoms with Gasteiger partial charge in [-0.15, -0.1) is 0 Å². The first-order chi connectivity index (χ1) is 11.9. The summed E-state index contributed by atoms with van der Waals surface area (Å²) in [5.41, 5.74) is 7.25. The van der Waals surface area contributed by atoms with E-state index in [2.05, 4.69) is 10.0 Å². The largest absolute Gasteiger partial charge is 0.462 e. The van der Waals surface area contributed by atoms with Crippen LogP contribution in [-0.4, -0.2) is 60.4 Å². The quantitative estimate of drug-likeness (QED) is 0.321. The number of nitrogens with zero attached hydrogens (tertiary/aromatic N) is 3. The molecule has 0 aliphatic carbocycles. The molecule has 3 saturated heterocycles. The van der Waals surface area contributed by atoms with Gasteiger partial charge >= 0.3 is 5.97 Å². The SMILES string of the molecule is CC1(C)O[C@H]2[C@@H](O1)[C@@H](COC(=O)C(C)(C)N=[N+]=[N-])O[C@@H]1OC(C)(C)O[C@@H]12. The Morgan fingerprint density at radius 1 is 1.08 bits per heavy atom. The molecule has 3 rings (SSSR count). The molecule has 0 saturated carbocycles.